The summed E-state index contributed by atoms with van der Waals surface area (Å²) in [5.41, 5.74) is 5.65. The van der Waals surface area contributed by atoms with Crippen molar-refractivity contribution in [1.29, 1.82) is 0 Å². The summed E-state index contributed by atoms with van der Waals surface area (Å²) in [5.74, 6) is 0.533. The molecule has 0 spiro atoms. The zero-order valence-electron chi connectivity index (χ0n) is 8.95. The van der Waals surface area contributed by atoms with E-state index in [4.69, 9.17) is 5.73 Å². The van der Waals surface area contributed by atoms with Crippen LogP contribution in [-0.2, 0) is 4.79 Å². The lowest BCUT2D eigenvalue weighted by Crippen LogP contribution is -2.43. The Hall–Kier alpha value is -0.320. The topological polar surface area (TPSA) is 58.4 Å². The van der Waals surface area contributed by atoms with Gasteiger partial charge in [0.25, 0.3) is 0 Å². The lowest BCUT2D eigenvalue weighted by molar-refractivity contribution is -0.135. The molecule has 2 rings (SSSR count). The smallest absolute Gasteiger partial charge is 0.227 e. The highest BCUT2D eigenvalue weighted by Gasteiger charge is 2.33. The fraction of sp³-hybridized carbons (Fsp3) is 0.900. The van der Waals surface area contributed by atoms with Crippen LogP contribution in [0.4, 0.5) is 0 Å². The molecule has 2 atom stereocenters. The van der Waals surface area contributed by atoms with E-state index in [0.717, 1.165) is 38.9 Å². The molecular formula is C10H20ClN3O. The number of halogens is 1. The van der Waals surface area contributed by atoms with Gasteiger partial charge in [0.15, 0.2) is 0 Å². The molecule has 0 bridgehead atoms. The Morgan fingerprint density at radius 1 is 1.47 bits per heavy atom. The van der Waals surface area contributed by atoms with Crippen LogP contribution in [0.3, 0.4) is 0 Å². The first kappa shape index (κ1) is 12.7. The molecule has 15 heavy (non-hydrogen) atoms. The third-order valence-electron chi connectivity index (χ3n) is 3.34. The van der Waals surface area contributed by atoms with Crippen LogP contribution < -0.4 is 11.1 Å². The van der Waals surface area contributed by atoms with E-state index in [0.29, 0.717) is 18.5 Å². The van der Waals surface area contributed by atoms with Gasteiger partial charge in [0.2, 0.25) is 5.91 Å². The molecule has 0 aromatic rings. The minimum Gasteiger partial charge on any atom is -0.338 e. The SMILES string of the molecule is Cl.NCC1CCCN1C(=O)C1CCNC1. The number of carbonyl (C=O) groups is 1. The molecule has 2 aliphatic heterocycles. The van der Waals surface area contributed by atoms with Crippen molar-refractivity contribution in [2.24, 2.45) is 11.7 Å². The summed E-state index contributed by atoms with van der Waals surface area (Å²) in [6.07, 6.45) is 3.20. The maximum absolute atomic E-state index is 12.0. The molecule has 2 saturated heterocycles. The monoisotopic (exact) mass is 233 g/mol. The number of nitrogens with zero attached hydrogens (tertiary/aromatic N) is 1. The molecule has 2 aliphatic rings. The van der Waals surface area contributed by atoms with Crippen molar-refractivity contribution in [2.75, 3.05) is 26.2 Å². The minimum absolute atomic E-state index is 0. The molecule has 3 N–H and O–H groups in total. The van der Waals surface area contributed by atoms with Gasteiger partial charge in [0, 0.05) is 25.7 Å². The van der Waals surface area contributed by atoms with Crippen molar-refractivity contribution in [1.82, 2.24) is 10.2 Å². The van der Waals surface area contributed by atoms with Crippen LogP contribution in [0.5, 0.6) is 0 Å². The molecule has 0 aromatic carbocycles. The largest absolute Gasteiger partial charge is 0.338 e. The molecule has 0 aliphatic carbocycles. The first-order chi connectivity index (χ1) is 6.83. The van der Waals surface area contributed by atoms with Crippen molar-refractivity contribution in [3.05, 3.63) is 0 Å². The summed E-state index contributed by atoms with van der Waals surface area (Å²) in [4.78, 5) is 14.0. The van der Waals surface area contributed by atoms with Crippen LogP contribution in [0.1, 0.15) is 19.3 Å². The van der Waals surface area contributed by atoms with E-state index in [1.807, 2.05) is 4.90 Å². The molecule has 2 unspecified atom stereocenters. The maximum Gasteiger partial charge on any atom is 0.227 e. The Morgan fingerprint density at radius 2 is 2.27 bits per heavy atom. The highest BCUT2D eigenvalue weighted by molar-refractivity contribution is 5.85. The molecule has 5 heteroatoms. The van der Waals surface area contributed by atoms with E-state index >= 15 is 0 Å². The van der Waals surface area contributed by atoms with Gasteiger partial charge in [-0.15, -0.1) is 12.4 Å². The molecule has 88 valence electrons. The van der Waals surface area contributed by atoms with Crippen molar-refractivity contribution in [3.63, 3.8) is 0 Å². The Balaban J connectivity index is 0.00000112. The Kier molecular flexibility index (Phi) is 4.83. The van der Waals surface area contributed by atoms with E-state index in [-0.39, 0.29) is 18.3 Å². The number of nitrogens with one attached hydrogen (secondary N) is 1. The Labute approximate surface area is 97.0 Å². The van der Waals surface area contributed by atoms with Gasteiger partial charge < -0.3 is 16.0 Å². The summed E-state index contributed by atoms with van der Waals surface area (Å²) < 4.78 is 0. The second-order valence-electron chi connectivity index (χ2n) is 4.25. The van der Waals surface area contributed by atoms with Gasteiger partial charge in [-0.1, -0.05) is 0 Å². The van der Waals surface area contributed by atoms with Gasteiger partial charge in [0.1, 0.15) is 0 Å². The van der Waals surface area contributed by atoms with Gasteiger partial charge >= 0.3 is 0 Å². The average molecular weight is 234 g/mol. The van der Waals surface area contributed by atoms with E-state index < -0.39 is 0 Å². The minimum atomic E-state index is 0. The van der Waals surface area contributed by atoms with Gasteiger partial charge in [-0.2, -0.15) is 0 Å². The maximum atomic E-state index is 12.0. The van der Waals surface area contributed by atoms with Crippen molar-refractivity contribution in [2.45, 2.75) is 25.3 Å². The zero-order valence-corrected chi connectivity index (χ0v) is 9.76. The number of carbonyl (C=O) groups excluding carboxylic acids is 1. The zero-order chi connectivity index (χ0) is 9.97. The third kappa shape index (κ3) is 2.62. The number of nitrogens with two attached hydrogens (primary N) is 1. The fourth-order valence-electron chi connectivity index (χ4n) is 2.47. The molecule has 0 radical (unpaired) electrons. The van der Waals surface area contributed by atoms with E-state index in [2.05, 4.69) is 5.32 Å². The van der Waals surface area contributed by atoms with Gasteiger partial charge in [-0.05, 0) is 25.8 Å². The number of likely N-dealkylation sites (tertiary alicyclic amines) is 1. The van der Waals surface area contributed by atoms with Crippen LogP contribution in [0.2, 0.25) is 0 Å². The van der Waals surface area contributed by atoms with Crippen LogP contribution in [-0.4, -0.2) is 43.0 Å². The van der Waals surface area contributed by atoms with Crippen LogP contribution >= 0.6 is 12.4 Å². The fourth-order valence-corrected chi connectivity index (χ4v) is 2.47. The number of hydrogen-bond donors (Lipinski definition) is 2. The van der Waals surface area contributed by atoms with Gasteiger partial charge in [-0.25, -0.2) is 0 Å². The van der Waals surface area contributed by atoms with Crippen molar-refractivity contribution >= 4 is 18.3 Å². The molecule has 2 heterocycles. The third-order valence-corrected chi connectivity index (χ3v) is 3.34. The number of rotatable bonds is 2. The van der Waals surface area contributed by atoms with Crippen molar-refractivity contribution < 1.29 is 4.79 Å². The summed E-state index contributed by atoms with van der Waals surface area (Å²) in [6, 6.07) is 0.308. The normalized spacial score (nSPS) is 30.3. The summed E-state index contributed by atoms with van der Waals surface area (Å²) >= 11 is 0. The summed E-state index contributed by atoms with van der Waals surface area (Å²) in [6.45, 7) is 3.37. The molecule has 4 nitrogen and oxygen atoms in total. The van der Waals surface area contributed by atoms with Gasteiger partial charge in [-0.3, -0.25) is 4.79 Å². The second-order valence-corrected chi connectivity index (χ2v) is 4.25. The molecule has 0 aromatic heterocycles. The van der Waals surface area contributed by atoms with Crippen LogP contribution in [0, 0.1) is 5.92 Å². The summed E-state index contributed by atoms with van der Waals surface area (Å²) in [5, 5.41) is 3.23. The van der Waals surface area contributed by atoms with Gasteiger partial charge in [0.05, 0.1) is 5.92 Å². The standard InChI is InChI=1S/C10H19N3O.ClH/c11-6-9-2-1-5-13(9)10(14)8-3-4-12-7-8;/h8-9,12H,1-7,11H2;1H. The molecule has 2 fully saturated rings. The Bertz CT molecular complexity index is 219. The number of hydrogen-bond acceptors (Lipinski definition) is 3. The number of amides is 1. The average Bonchev–Trinajstić information content (AvgIpc) is 2.87. The quantitative estimate of drug-likeness (QED) is 0.704. The summed E-state index contributed by atoms with van der Waals surface area (Å²) in [7, 11) is 0. The van der Waals surface area contributed by atoms with Crippen LogP contribution in [0.15, 0.2) is 0 Å². The lowest BCUT2D eigenvalue weighted by atomic mass is 10.1. The second kappa shape index (κ2) is 5.68. The van der Waals surface area contributed by atoms with E-state index in [1.54, 1.807) is 0 Å². The van der Waals surface area contributed by atoms with E-state index in [9.17, 15) is 4.79 Å². The molecular weight excluding hydrogens is 214 g/mol. The van der Waals surface area contributed by atoms with E-state index in [1.165, 1.54) is 0 Å². The molecule has 1 amide bonds. The first-order valence-corrected chi connectivity index (χ1v) is 5.54. The first-order valence-electron chi connectivity index (χ1n) is 5.54. The lowest BCUT2D eigenvalue weighted by Gasteiger charge is -2.26. The Morgan fingerprint density at radius 3 is 2.87 bits per heavy atom. The van der Waals surface area contributed by atoms with Crippen molar-refractivity contribution in [3.8, 4) is 0 Å². The highest BCUT2D eigenvalue weighted by atomic mass is 35.5. The molecule has 0 saturated carbocycles. The highest BCUT2D eigenvalue weighted by Crippen LogP contribution is 2.21. The van der Waals surface area contributed by atoms with Crippen LogP contribution in [0.25, 0.3) is 0 Å². The predicted molar refractivity (Wildman–Crippen MR) is 62.0 cm³/mol. The predicted octanol–water partition coefficient (Wildman–Crippen LogP) is -0.0326.